The summed E-state index contributed by atoms with van der Waals surface area (Å²) in [5.74, 6) is 0.842. The van der Waals surface area contributed by atoms with E-state index in [1.54, 1.807) is 7.11 Å². The number of carbonyl (C=O) groups excluding carboxylic acids is 1. The predicted molar refractivity (Wildman–Crippen MR) is 132 cm³/mol. The molecule has 0 saturated carbocycles. The number of aryl methyl sites for hydroxylation is 2. The van der Waals surface area contributed by atoms with Gasteiger partial charge in [-0.3, -0.25) is 0 Å². The van der Waals surface area contributed by atoms with Crippen LogP contribution in [0.3, 0.4) is 0 Å². The van der Waals surface area contributed by atoms with Gasteiger partial charge in [-0.25, -0.2) is 4.79 Å². The van der Waals surface area contributed by atoms with Crippen LogP contribution in [0, 0.1) is 13.8 Å². The summed E-state index contributed by atoms with van der Waals surface area (Å²) in [5.41, 5.74) is 8.02. The highest BCUT2D eigenvalue weighted by molar-refractivity contribution is 5.87. The van der Waals surface area contributed by atoms with Crippen LogP contribution in [0.15, 0.2) is 66.7 Å². The number of fused-ring (bicyclic) bond motifs is 3. The molecule has 33 heavy (non-hydrogen) atoms. The standard InChI is InChI=1S/C28H29N3O2/c1-18-4-8-20(9-5-18)17-29-28(32)31-15-14-23-24-16-22(33-3)12-13-25(24)30-26(23)27(31)21-10-6-19(2)7-11-21/h4-13,16,27,30H,14-15,17H2,1-3H3,(H,29,32)/t27-/m0/s1. The first-order chi connectivity index (χ1) is 16.0. The van der Waals surface area contributed by atoms with Crippen LogP contribution < -0.4 is 10.1 Å². The van der Waals surface area contributed by atoms with Gasteiger partial charge in [0.1, 0.15) is 5.75 Å². The lowest BCUT2D eigenvalue weighted by Gasteiger charge is -2.36. The van der Waals surface area contributed by atoms with Crippen LogP contribution in [0.4, 0.5) is 4.79 Å². The third-order valence-electron chi connectivity index (χ3n) is 6.55. The van der Waals surface area contributed by atoms with E-state index in [2.05, 4.69) is 84.8 Å². The number of hydrogen-bond donors (Lipinski definition) is 2. The number of H-pyrrole nitrogens is 1. The number of carbonyl (C=O) groups is 1. The molecule has 0 spiro atoms. The van der Waals surface area contributed by atoms with Crippen molar-refractivity contribution >= 4 is 16.9 Å². The minimum absolute atomic E-state index is 0.0527. The van der Waals surface area contributed by atoms with Crippen LogP contribution in [0.5, 0.6) is 5.75 Å². The number of hydrogen-bond acceptors (Lipinski definition) is 2. The van der Waals surface area contributed by atoms with E-state index in [1.807, 2.05) is 11.0 Å². The lowest BCUT2D eigenvalue weighted by atomic mass is 9.92. The number of urea groups is 1. The fourth-order valence-electron chi connectivity index (χ4n) is 4.69. The molecule has 0 unspecified atom stereocenters. The fourth-order valence-corrected chi connectivity index (χ4v) is 4.69. The second-order valence-electron chi connectivity index (χ2n) is 8.83. The maximum Gasteiger partial charge on any atom is 0.318 e. The Morgan fingerprint density at radius 2 is 1.73 bits per heavy atom. The molecule has 4 aromatic rings. The first-order valence-corrected chi connectivity index (χ1v) is 11.4. The Morgan fingerprint density at radius 3 is 2.42 bits per heavy atom. The molecule has 2 N–H and O–H groups in total. The van der Waals surface area contributed by atoms with Crippen LogP contribution in [-0.2, 0) is 13.0 Å². The molecule has 0 aliphatic carbocycles. The molecular weight excluding hydrogens is 410 g/mol. The molecule has 0 saturated heterocycles. The van der Waals surface area contributed by atoms with E-state index in [4.69, 9.17) is 4.74 Å². The number of benzene rings is 3. The van der Waals surface area contributed by atoms with Gasteiger partial charge in [0.05, 0.1) is 13.2 Å². The maximum absolute atomic E-state index is 13.4. The van der Waals surface area contributed by atoms with Crippen LogP contribution in [0.1, 0.15) is 39.6 Å². The van der Waals surface area contributed by atoms with Gasteiger partial charge in [-0.15, -0.1) is 0 Å². The van der Waals surface area contributed by atoms with Crippen molar-refractivity contribution in [3.05, 3.63) is 100 Å². The van der Waals surface area contributed by atoms with Gasteiger partial charge in [-0.05, 0) is 55.2 Å². The van der Waals surface area contributed by atoms with Crippen LogP contribution in [-0.4, -0.2) is 29.6 Å². The number of ether oxygens (including phenoxy) is 1. The Balaban J connectivity index is 1.50. The van der Waals surface area contributed by atoms with Gasteiger partial charge >= 0.3 is 6.03 Å². The van der Waals surface area contributed by atoms with Crippen molar-refractivity contribution in [2.45, 2.75) is 32.9 Å². The summed E-state index contributed by atoms with van der Waals surface area (Å²) >= 11 is 0. The quantitative estimate of drug-likeness (QED) is 0.432. The van der Waals surface area contributed by atoms with Crippen molar-refractivity contribution in [2.24, 2.45) is 0 Å². The van der Waals surface area contributed by atoms with Crippen molar-refractivity contribution in [1.82, 2.24) is 15.2 Å². The number of aromatic nitrogens is 1. The van der Waals surface area contributed by atoms with Crippen LogP contribution >= 0.6 is 0 Å². The summed E-state index contributed by atoms with van der Waals surface area (Å²) in [5, 5.41) is 4.30. The molecule has 1 aromatic heterocycles. The molecule has 3 aromatic carbocycles. The molecule has 5 nitrogen and oxygen atoms in total. The average molecular weight is 440 g/mol. The van der Waals surface area contributed by atoms with Crippen molar-refractivity contribution in [1.29, 1.82) is 0 Å². The lowest BCUT2D eigenvalue weighted by molar-refractivity contribution is 0.179. The maximum atomic E-state index is 13.4. The number of nitrogens with one attached hydrogen (secondary N) is 2. The molecule has 0 fully saturated rings. The molecule has 2 amide bonds. The van der Waals surface area contributed by atoms with E-state index >= 15 is 0 Å². The zero-order valence-electron chi connectivity index (χ0n) is 19.3. The Hall–Kier alpha value is -3.73. The van der Waals surface area contributed by atoms with Gasteiger partial charge in [0.2, 0.25) is 0 Å². The summed E-state index contributed by atoms with van der Waals surface area (Å²) in [6, 6.07) is 22.6. The monoisotopic (exact) mass is 439 g/mol. The first-order valence-electron chi connectivity index (χ1n) is 11.4. The van der Waals surface area contributed by atoms with E-state index in [9.17, 15) is 4.79 Å². The number of nitrogens with zero attached hydrogens (tertiary/aromatic N) is 1. The highest BCUT2D eigenvalue weighted by atomic mass is 16.5. The highest BCUT2D eigenvalue weighted by Crippen LogP contribution is 2.39. The van der Waals surface area contributed by atoms with Gasteiger partial charge in [0.25, 0.3) is 0 Å². The van der Waals surface area contributed by atoms with Crippen molar-refractivity contribution in [3.63, 3.8) is 0 Å². The Kier molecular flexibility index (Phi) is 5.55. The van der Waals surface area contributed by atoms with E-state index in [1.165, 1.54) is 22.1 Å². The van der Waals surface area contributed by atoms with Crippen molar-refractivity contribution < 1.29 is 9.53 Å². The van der Waals surface area contributed by atoms with Crippen molar-refractivity contribution in [2.75, 3.05) is 13.7 Å². The molecule has 1 aliphatic heterocycles. The second kappa shape index (κ2) is 8.66. The summed E-state index contributed by atoms with van der Waals surface area (Å²) in [6.45, 7) is 5.30. The molecule has 1 aliphatic rings. The zero-order valence-corrected chi connectivity index (χ0v) is 19.3. The van der Waals surface area contributed by atoms with E-state index in [0.717, 1.165) is 34.5 Å². The van der Waals surface area contributed by atoms with Crippen LogP contribution in [0.25, 0.3) is 10.9 Å². The summed E-state index contributed by atoms with van der Waals surface area (Å²) in [4.78, 5) is 19.0. The molecular formula is C28H29N3O2. The topological polar surface area (TPSA) is 57.4 Å². The highest BCUT2D eigenvalue weighted by Gasteiger charge is 2.34. The number of amides is 2. The van der Waals surface area contributed by atoms with E-state index < -0.39 is 0 Å². The smallest absolute Gasteiger partial charge is 0.318 e. The Bertz CT molecular complexity index is 1290. The van der Waals surface area contributed by atoms with E-state index in [-0.39, 0.29) is 12.1 Å². The number of rotatable bonds is 4. The zero-order chi connectivity index (χ0) is 22.9. The average Bonchev–Trinajstić information content (AvgIpc) is 3.21. The van der Waals surface area contributed by atoms with Crippen LogP contribution in [0.2, 0.25) is 0 Å². The van der Waals surface area contributed by atoms with Gasteiger partial charge in [-0.1, -0.05) is 59.7 Å². The predicted octanol–water partition coefficient (Wildman–Crippen LogP) is 5.65. The fraction of sp³-hybridized carbons (Fsp3) is 0.250. The van der Waals surface area contributed by atoms with Gasteiger partial charge < -0.3 is 19.9 Å². The molecule has 0 radical (unpaired) electrons. The molecule has 2 heterocycles. The molecule has 5 rings (SSSR count). The lowest BCUT2D eigenvalue weighted by Crippen LogP contribution is -2.45. The summed E-state index contributed by atoms with van der Waals surface area (Å²) in [6.07, 6.45) is 0.794. The minimum atomic E-state index is -0.175. The van der Waals surface area contributed by atoms with Crippen molar-refractivity contribution in [3.8, 4) is 5.75 Å². The van der Waals surface area contributed by atoms with E-state index in [0.29, 0.717) is 13.1 Å². The normalized spacial score (nSPS) is 15.4. The van der Waals surface area contributed by atoms with Gasteiger partial charge in [-0.2, -0.15) is 0 Å². The number of aromatic amines is 1. The first kappa shape index (κ1) is 21.1. The third kappa shape index (κ3) is 4.07. The SMILES string of the molecule is COc1ccc2[nH]c3c(c2c1)CCN(C(=O)NCc1ccc(C)cc1)[C@H]3c1ccc(C)cc1. The minimum Gasteiger partial charge on any atom is -0.497 e. The number of methoxy groups -OCH3 is 1. The summed E-state index contributed by atoms with van der Waals surface area (Å²) in [7, 11) is 1.69. The second-order valence-corrected chi connectivity index (χ2v) is 8.83. The molecule has 1 atom stereocenters. The molecule has 5 heteroatoms. The Morgan fingerprint density at radius 1 is 1.03 bits per heavy atom. The molecule has 168 valence electrons. The third-order valence-corrected chi connectivity index (χ3v) is 6.55. The van der Waals surface area contributed by atoms with Gasteiger partial charge in [0, 0.05) is 29.7 Å². The molecule has 0 bridgehead atoms. The Labute approximate surface area is 194 Å². The summed E-state index contributed by atoms with van der Waals surface area (Å²) < 4.78 is 5.46. The van der Waals surface area contributed by atoms with Gasteiger partial charge in [0.15, 0.2) is 0 Å². The largest absolute Gasteiger partial charge is 0.497 e.